The predicted octanol–water partition coefficient (Wildman–Crippen LogP) is 5.20. The molecule has 7 nitrogen and oxygen atoms in total. The first-order valence-electron chi connectivity index (χ1n) is 13.3. The number of hydrogen-bond acceptors (Lipinski definition) is 5. The van der Waals surface area contributed by atoms with E-state index in [1.165, 1.54) is 29.2 Å². The van der Waals surface area contributed by atoms with E-state index in [0.29, 0.717) is 36.8 Å². The Bertz CT molecular complexity index is 1500. The number of nitrogens with zero attached hydrogens (tertiary/aromatic N) is 1. The van der Waals surface area contributed by atoms with Crippen molar-refractivity contribution in [2.24, 2.45) is 5.73 Å². The molecule has 2 fully saturated rings. The van der Waals surface area contributed by atoms with Gasteiger partial charge in [0.2, 0.25) is 15.9 Å². The zero-order valence-corrected chi connectivity index (χ0v) is 23.8. The average molecular weight is 592 g/mol. The van der Waals surface area contributed by atoms with Crippen molar-refractivity contribution < 1.29 is 26.7 Å². The molecule has 214 valence electrons. The molecular formula is C29H32ClF2N3O4S. The topological polar surface area (TPSA) is 102 Å². The van der Waals surface area contributed by atoms with Crippen molar-refractivity contribution in [1.82, 2.24) is 9.62 Å². The van der Waals surface area contributed by atoms with Crippen molar-refractivity contribution in [2.45, 2.75) is 80.6 Å². The van der Waals surface area contributed by atoms with Gasteiger partial charge >= 0.3 is 0 Å². The summed E-state index contributed by atoms with van der Waals surface area (Å²) in [5, 5.41) is 1.54. The summed E-state index contributed by atoms with van der Waals surface area (Å²) < 4.78 is 67.1. The van der Waals surface area contributed by atoms with Crippen molar-refractivity contribution in [3.8, 4) is 5.75 Å². The Kier molecular flexibility index (Phi) is 7.82. The highest BCUT2D eigenvalue weighted by Gasteiger charge is 2.53. The second-order valence-corrected chi connectivity index (χ2v) is 13.0. The molecule has 0 aliphatic carbocycles. The van der Waals surface area contributed by atoms with Gasteiger partial charge < -0.3 is 15.4 Å². The maximum atomic E-state index is 16.1. The van der Waals surface area contributed by atoms with E-state index in [2.05, 4.69) is 4.72 Å². The molecule has 3 aromatic rings. The molecule has 2 aliphatic heterocycles. The van der Waals surface area contributed by atoms with Gasteiger partial charge in [-0.25, -0.2) is 8.42 Å². The van der Waals surface area contributed by atoms with Gasteiger partial charge in [-0.1, -0.05) is 35.9 Å². The van der Waals surface area contributed by atoms with Crippen LogP contribution >= 0.6 is 11.6 Å². The molecule has 0 radical (unpaired) electrons. The van der Waals surface area contributed by atoms with Gasteiger partial charge in [-0.3, -0.25) is 4.79 Å². The zero-order chi connectivity index (χ0) is 28.8. The van der Waals surface area contributed by atoms with E-state index in [0.717, 1.165) is 17.5 Å². The number of piperidine rings is 1. The van der Waals surface area contributed by atoms with Gasteiger partial charge in [-0.2, -0.15) is 13.5 Å². The van der Waals surface area contributed by atoms with Gasteiger partial charge in [0.05, 0.1) is 11.0 Å². The van der Waals surface area contributed by atoms with E-state index >= 15 is 8.78 Å². The molecule has 5 rings (SSSR count). The van der Waals surface area contributed by atoms with Crippen LogP contribution in [-0.4, -0.2) is 49.5 Å². The van der Waals surface area contributed by atoms with Crippen LogP contribution in [0.4, 0.5) is 8.78 Å². The lowest BCUT2D eigenvalue weighted by Gasteiger charge is -2.41. The molecule has 3 aromatic carbocycles. The molecular weight excluding hydrogens is 560 g/mol. The standard InChI is InChI=1S/C29H32ClF2N3O4S/c1-17(2)39-25-11-3-19-14-26(12-4-18(19)13-25)40(37,38)34-27(29(31,32)20-5-7-21(30)8-6-20)28(36)35-23-9-10-24(35)16-22(33)15-23/h3-8,11-14,17,22-24,27,34H,9-10,15-16,33H2,1-2H3/t22?,23?,24?,27-/m1/s1. The summed E-state index contributed by atoms with van der Waals surface area (Å²) in [5.41, 5.74) is 5.60. The fourth-order valence-electron chi connectivity index (χ4n) is 5.78. The Labute approximate surface area is 237 Å². The third-order valence-electron chi connectivity index (χ3n) is 7.60. The molecule has 3 atom stereocenters. The van der Waals surface area contributed by atoms with E-state index in [4.69, 9.17) is 22.1 Å². The predicted molar refractivity (Wildman–Crippen MR) is 150 cm³/mol. The van der Waals surface area contributed by atoms with E-state index < -0.39 is 33.5 Å². The number of benzene rings is 3. The highest BCUT2D eigenvalue weighted by Crippen LogP contribution is 2.40. The Balaban J connectivity index is 1.50. The minimum absolute atomic E-state index is 0.0380. The van der Waals surface area contributed by atoms with Gasteiger partial charge in [-0.05, 0) is 86.7 Å². The maximum Gasteiger partial charge on any atom is 0.298 e. The number of carbonyl (C=O) groups excluding carboxylic acids is 1. The van der Waals surface area contributed by atoms with Crippen LogP contribution in [0.3, 0.4) is 0 Å². The Morgan fingerprint density at radius 1 is 1.02 bits per heavy atom. The van der Waals surface area contributed by atoms with Gasteiger partial charge in [0, 0.05) is 28.7 Å². The second kappa shape index (κ2) is 10.9. The van der Waals surface area contributed by atoms with Crippen molar-refractivity contribution >= 4 is 38.3 Å². The monoisotopic (exact) mass is 591 g/mol. The number of sulfonamides is 1. The van der Waals surface area contributed by atoms with Gasteiger partial charge in [0.25, 0.3) is 5.92 Å². The first-order valence-corrected chi connectivity index (χ1v) is 15.2. The van der Waals surface area contributed by atoms with Crippen molar-refractivity contribution in [1.29, 1.82) is 0 Å². The fourth-order valence-corrected chi connectivity index (χ4v) is 7.13. The van der Waals surface area contributed by atoms with E-state index in [1.807, 2.05) is 13.8 Å². The number of amides is 1. The van der Waals surface area contributed by atoms with E-state index in [9.17, 15) is 13.2 Å². The lowest BCUT2D eigenvalue weighted by Crippen LogP contribution is -2.60. The van der Waals surface area contributed by atoms with Crippen LogP contribution in [0.5, 0.6) is 5.75 Å². The third kappa shape index (κ3) is 5.68. The molecule has 2 unspecified atom stereocenters. The molecule has 0 saturated carbocycles. The van der Waals surface area contributed by atoms with Crippen LogP contribution in [0.1, 0.15) is 45.1 Å². The zero-order valence-electron chi connectivity index (χ0n) is 22.2. The summed E-state index contributed by atoms with van der Waals surface area (Å²) in [4.78, 5) is 15.0. The number of carbonyl (C=O) groups is 1. The summed E-state index contributed by atoms with van der Waals surface area (Å²) in [7, 11) is -4.55. The van der Waals surface area contributed by atoms with Crippen LogP contribution < -0.4 is 15.2 Å². The molecule has 0 aromatic heterocycles. The summed E-state index contributed by atoms with van der Waals surface area (Å²) in [6.45, 7) is 3.79. The molecule has 0 spiro atoms. The fraction of sp³-hybridized carbons (Fsp3) is 0.414. The molecule has 2 saturated heterocycles. The number of alkyl halides is 2. The summed E-state index contributed by atoms with van der Waals surface area (Å²) in [5.74, 6) is -4.20. The van der Waals surface area contributed by atoms with Crippen LogP contribution in [0.15, 0.2) is 65.6 Å². The minimum atomic E-state index is -4.55. The number of nitrogens with one attached hydrogen (secondary N) is 1. The molecule has 3 N–H and O–H groups in total. The number of fused-ring (bicyclic) bond motifs is 3. The Morgan fingerprint density at radius 3 is 2.25 bits per heavy atom. The van der Waals surface area contributed by atoms with Crippen LogP contribution in [0.25, 0.3) is 10.8 Å². The number of nitrogens with two attached hydrogens (primary N) is 1. The van der Waals surface area contributed by atoms with Gasteiger partial charge in [0.1, 0.15) is 5.75 Å². The largest absolute Gasteiger partial charge is 0.491 e. The van der Waals surface area contributed by atoms with Gasteiger partial charge in [0.15, 0.2) is 6.04 Å². The van der Waals surface area contributed by atoms with E-state index in [1.54, 1.807) is 24.3 Å². The Hall–Kier alpha value is -2.79. The molecule has 2 bridgehead atoms. The number of ether oxygens (including phenoxy) is 1. The summed E-state index contributed by atoms with van der Waals surface area (Å²) in [6, 6.07) is 11.1. The summed E-state index contributed by atoms with van der Waals surface area (Å²) in [6.07, 6.45) is 2.22. The SMILES string of the molecule is CC(C)Oc1ccc2cc(S(=O)(=O)N[C@H](C(=O)N3C4CCC3CC(N)C4)C(F)(F)c3ccc(Cl)cc3)ccc2c1. The van der Waals surface area contributed by atoms with Crippen LogP contribution in [-0.2, 0) is 20.7 Å². The van der Waals surface area contributed by atoms with E-state index in [-0.39, 0.29) is 34.1 Å². The normalized spacial score (nSPS) is 22.1. The van der Waals surface area contributed by atoms with Gasteiger partial charge in [-0.15, -0.1) is 0 Å². The second-order valence-electron chi connectivity index (χ2n) is 10.9. The quantitative estimate of drug-likeness (QED) is 0.375. The van der Waals surface area contributed by atoms with Crippen molar-refractivity contribution in [3.05, 3.63) is 71.2 Å². The Morgan fingerprint density at radius 2 is 1.62 bits per heavy atom. The van der Waals surface area contributed by atoms with Crippen LogP contribution in [0.2, 0.25) is 5.02 Å². The molecule has 11 heteroatoms. The van der Waals surface area contributed by atoms with Crippen LogP contribution in [0, 0.1) is 0 Å². The first-order chi connectivity index (χ1) is 18.8. The summed E-state index contributed by atoms with van der Waals surface area (Å²) >= 11 is 5.90. The maximum absolute atomic E-state index is 16.1. The molecule has 1 amide bonds. The molecule has 40 heavy (non-hydrogen) atoms. The molecule has 2 aliphatic rings. The first kappa shape index (κ1) is 28.7. The number of hydrogen-bond donors (Lipinski definition) is 2. The number of halogens is 3. The average Bonchev–Trinajstić information content (AvgIpc) is 3.17. The van der Waals surface area contributed by atoms with Crippen molar-refractivity contribution in [3.63, 3.8) is 0 Å². The highest BCUT2D eigenvalue weighted by molar-refractivity contribution is 7.89. The lowest BCUT2D eigenvalue weighted by molar-refractivity contribution is -0.149. The molecule has 2 heterocycles. The number of rotatable bonds is 8. The minimum Gasteiger partial charge on any atom is -0.491 e. The smallest absolute Gasteiger partial charge is 0.298 e. The highest BCUT2D eigenvalue weighted by atomic mass is 35.5. The third-order valence-corrected chi connectivity index (χ3v) is 9.27. The van der Waals surface area contributed by atoms with Crippen molar-refractivity contribution in [2.75, 3.05) is 0 Å². The lowest BCUT2D eigenvalue weighted by atomic mass is 9.95.